The van der Waals surface area contributed by atoms with E-state index in [-0.39, 0.29) is 11.5 Å². The Morgan fingerprint density at radius 1 is 0.774 bits per heavy atom. The van der Waals surface area contributed by atoms with Crippen molar-refractivity contribution in [2.75, 3.05) is 9.96 Å². The lowest BCUT2D eigenvalue weighted by Gasteiger charge is -2.29. The van der Waals surface area contributed by atoms with Crippen LogP contribution in [-0.2, 0) is 14.4 Å². The largest absolute Gasteiger partial charge is 0.545 e. The molecule has 2 aliphatic rings. The van der Waals surface area contributed by atoms with Crippen LogP contribution in [0.5, 0.6) is 0 Å². The zero-order valence-corrected chi connectivity index (χ0v) is 16.3. The maximum Gasteiger partial charge on any atom is 0.266 e. The lowest BCUT2D eigenvalue weighted by Crippen LogP contribution is -2.37. The van der Waals surface area contributed by atoms with Crippen molar-refractivity contribution in [3.63, 3.8) is 0 Å². The number of anilines is 2. The Labute approximate surface area is 178 Å². The number of aromatic carboxylic acids is 1. The number of rotatable bonds is 4. The highest BCUT2D eigenvalue weighted by Gasteiger charge is 2.60. The molecule has 0 N–H and O–H groups in total. The lowest BCUT2D eigenvalue weighted by molar-refractivity contribution is -0.255. The molecule has 0 unspecified atom stereocenters. The van der Waals surface area contributed by atoms with Crippen molar-refractivity contribution in [1.82, 2.24) is 0 Å². The zero-order chi connectivity index (χ0) is 21.5. The van der Waals surface area contributed by atoms with Gasteiger partial charge >= 0.3 is 0 Å². The third-order valence-corrected chi connectivity index (χ3v) is 5.63. The molecule has 3 atom stereocenters. The molecule has 3 aromatic carbocycles. The molecule has 31 heavy (non-hydrogen) atoms. The molecular weight excluding hydrogens is 396 g/mol. The number of fused-ring (bicyclic) bond motifs is 1. The maximum absolute atomic E-state index is 13.4. The van der Waals surface area contributed by atoms with E-state index >= 15 is 0 Å². The average molecular weight is 413 g/mol. The summed E-state index contributed by atoms with van der Waals surface area (Å²) >= 11 is 0. The molecule has 3 aromatic rings. The van der Waals surface area contributed by atoms with E-state index in [2.05, 4.69) is 0 Å². The molecule has 0 aliphatic carbocycles. The number of carboxylic acids is 1. The Bertz CT molecular complexity index is 1150. The van der Waals surface area contributed by atoms with Crippen LogP contribution in [0.4, 0.5) is 11.4 Å². The van der Waals surface area contributed by atoms with Gasteiger partial charge in [0.25, 0.3) is 5.91 Å². The Morgan fingerprint density at radius 3 is 1.94 bits per heavy atom. The molecule has 2 heterocycles. The summed E-state index contributed by atoms with van der Waals surface area (Å²) in [5.74, 6) is -2.83. The minimum Gasteiger partial charge on any atom is -0.545 e. The Morgan fingerprint density at radius 2 is 1.35 bits per heavy atom. The first-order chi connectivity index (χ1) is 15.1. The predicted octanol–water partition coefficient (Wildman–Crippen LogP) is 2.10. The number of carbonyl (C=O) groups excluding carboxylic acids is 3. The number of amides is 2. The molecule has 2 saturated heterocycles. The second-order valence-corrected chi connectivity index (χ2v) is 7.41. The van der Waals surface area contributed by atoms with Gasteiger partial charge in [-0.2, -0.15) is 0 Å². The molecule has 0 aromatic heterocycles. The normalized spacial score (nSPS) is 22.6. The van der Waals surface area contributed by atoms with Crippen molar-refractivity contribution in [1.29, 1.82) is 0 Å². The molecule has 7 nitrogen and oxygen atoms in total. The van der Waals surface area contributed by atoms with Gasteiger partial charge in [-0.15, -0.1) is 0 Å². The van der Waals surface area contributed by atoms with Crippen LogP contribution in [0.3, 0.4) is 0 Å². The quantitative estimate of drug-likeness (QED) is 0.609. The van der Waals surface area contributed by atoms with Gasteiger partial charge in [-0.3, -0.25) is 14.4 Å². The molecule has 2 fully saturated rings. The van der Waals surface area contributed by atoms with E-state index in [1.165, 1.54) is 17.0 Å². The number of nitrogens with zero attached hydrogens (tertiary/aromatic N) is 2. The van der Waals surface area contributed by atoms with Crippen LogP contribution in [0.2, 0.25) is 0 Å². The van der Waals surface area contributed by atoms with Gasteiger partial charge in [0.15, 0.2) is 6.10 Å². The summed E-state index contributed by atoms with van der Waals surface area (Å²) < 4.78 is 0. The van der Waals surface area contributed by atoms with Crippen LogP contribution < -0.4 is 15.1 Å². The van der Waals surface area contributed by atoms with Crippen LogP contribution in [0.15, 0.2) is 84.9 Å². The summed E-state index contributed by atoms with van der Waals surface area (Å²) in [5.41, 5.74) is 1.88. The Kier molecular flexibility index (Phi) is 4.52. The molecule has 2 amide bonds. The highest BCUT2D eigenvalue weighted by Crippen LogP contribution is 2.47. The second-order valence-electron chi connectivity index (χ2n) is 7.41. The molecular formula is C24H17N2O5-. The highest BCUT2D eigenvalue weighted by molar-refractivity contribution is 6.23. The smallest absolute Gasteiger partial charge is 0.266 e. The zero-order valence-electron chi connectivity index (χ0n) is 16.3. The Balaban J connectivity index is 1.58. The van der Waals surface area contributed by atoms with Crippen LogP contribution in [-0.4, -0.2) is 23.9 Å². The van der Waals surface area contributed by atoms with Crippen molar-refractivity contribution < 1.29 is 24.3 Å². The maximum atomic E-state index is 13.4. The SMILES string of the molecule is O=C([O-])c1ccc([C@@H]2[C@H]3C(=O)N(c4ccccc4)C(=O)[C@@H]3ON2c2ccccc2)cc1. The summed E-state index contributed by atoms with van der Waals surface area (Å²) in [6.07, 6.45) is -0.973. The number of benzene rings is 3. The molecule has 7 heteroatoms. The van der Waals surface area contributed by atoms with Crippen molar-refractivity contribution in [2.24, 2.45) is 5.92 Å². The van der Waals surface area contributed by atoms with Gasteiger partial charge in [-0.25, -0.2) is 9.96 Å². The van der Waals surface area contributed by atoms with E-state index in [9.17, 15) is 19.5 Å². The topological polar surface area (TPSA) is 90.0 Å². The summed E-state index contributed by atoms with van der Waals surface area (Å²) in [5, 5.41) is 12.7. The molecule has 154 valence electrons. The highest BCUT2D eigenvalue weighted by atomic mass is 16.7. The van der Waals surface area contributed by atoms with Crippen molar-refractivity contribution >= 4 is 29.2 Å². The fraction of sp³-hybridized carbons (Fsp3) is 0.125. The monoisotopic (exact) mass is 413 g/mol. The van der Waals surface area contributed by atoms with Crippen LogP contribution in [0, 0.1) is 5.92 Å². The molecule has 5 rings (SSSR count). The van der Waals surface area contributed by atoms with E-state index in [4.69, 9.17) is 4.84 Å². The minimum atomic E-state index is -1.28. The fourth-order valence-corrected chi connectivity index (χ4v) is 4.20. The van der Waals surface area contributed by atoms with Gasteiger partial charge in [0.2, 0.25) is 5.91 Å². The van der Waals surface area contributed by atoms with Crippen molar-refractivity contribution in [3.05, 3.63) is 96.1 Å². The van der Waals surface area contributed by atoms with Crippen LogP contribution in [0.25, 0.3) is 0 Å². The number of carboxylic acid groups (broad SMARTS) is 1. The average Bonchev–Trinajstić information content (AvgIpc) is 3.31. The first kappa shape index (κ1) is 19.0. The number of hydrogen-bond donors (Lipinski definition) is 0. The van der Waals surface area contributed by atoms with E-state index in [1.807, 2.05) is 36.4 Å². The summed E-state index contributed by atoms with van der Waals surface area (Å²) in [7, 11) is 0. The molecule has 0 spiro atoms. The second kappa shape index (κ2) is 7.37. The standard InChI is InChI=1S/C24H18N2O5/c27-22-19-20(15-11-13-16(14-12-15)24(29)30)26(18-9-5-2-6-10-18)31-21(19)23(28)25(22)17-7-3-1-4-8-17/h1-14,19-21H,(H,29,30)/p-1/t19-,20-,21-/m1/s1. The lowest BCUT2D eigenvalue weighted by atomic mass is 9.90. The number of imide groups is 1. The minimum absolute atomic E-state index is 0.0326. The van der Waals surface area contributed by atoms with Crippen LogP contribution in [0.1, 0.15) is 22.0 Å². The third-order valence-electron chi connectivity index (χ3n) is 5.63. The van der Waals surface area contributed by atoms with E-state index in [1.54, 1.807) is 41.5 Å². The van der Waals surface area contributed by atoms with E-state index in [0.717, 1.165) is 0 Å². The predicted molar refractivity (Wildman–Crippen MR) is 110 cm³/mol. The molecule has 0 radical (unpaired) electrons. The van der Waals surface area contributed by atoms with Crippen molar-refractivity contribution in [3.8, 4) is 0 Å². The molecule has 0 bridgehead atoms. The van der Waals surface area contributed by atoms with E-state index < -0.39 is 29.9 Å². The van der Waals surface area contributed by atoms with E-state index in [0.29, 0.717) is 16.9 Å². The molecule has 0 saturated carbocycles. The number of para-hydroxylation sites is 2. The number of hydrogen-bond acceptors (Lipinski definition) is 6. The number of hydroxylamine groups is 1. The number of carbonyl (C=O) groups is 3. The molecule has 2 aliphatic heterocycles. The van der Waals surface area contributed by atoms with Crippen molar-refractivity contribution in [2.45, 2.75) is 12.1 Å². The first-order valence-corrected chi connectivity index (χ1v) is 9.81. The van der Waals surface area contributed by atoms with Gasteiger partial charge in [-0.05, 0) is 35.4 Å². The van der Waals surface area contributed by atoms with Crippen LogP contribution >= 0.6 is 0 Å². The summed E-state index contributed by atoms with van der Waals surface area (Å²) in [4.78, 5) is 44.9. The first-order valence-electron chi connectivity index (χ1n) is 9.81. The van der Waals surface area contributed by atoms with Gasteiger partial charge in [0, 0.05) is 0 Å². The summed E-state index contributed by atoms with van der Waals surface area (Å²) in [6.45, 7) is 0. The van der Waals surface area contributed by atoms with Gasteiger partial charge in [0.1, 0.15) is 5.92 Å². The fourth-order valence-electron chi connectivity index (χ4n) is 4.20. The Hall–Kier alpha value is -3.97. The van der Waals surface area contributed by atoms with Gasteiger partial charge in [0.05, 0.1) is 23.4 Å². The summed E-state index contributed by atoms with van der Waals surface area (Å²) in [6, 6.07) is 23.4. The van der Waals surface area contributed by atoms with Gasteiger partial charge in [-0.1, -0.05) is 60.7 Å². The van der Waals surface area contributed by atoms with Gasteiger partial charge < -0.3 is 9.90 Å². The third kappa shape index (κ3) is 3.06.